The zero-order valence-corrected chi connectivity index (χ0v) is 11.3. The molecule has 5 heteroatoms. The van der Waals surface area contributed by atoms with E-state index in [2.05, 4.69) is 4.98 Å². The highest BCUT2D eigenvalue weighted by molar-refractivity contribution is 8.13. The van der Waals surface area contributed by atoms with E-state index in [0.717, 1.165) is 22.7 Å². The second-order valence-corrected chi connectivity index (χ2v) is 5.47. The largest absolute Gasteiger partial charge is 0.389 e. The van der Waals surface area contributed by atoms with Crippen molar-refractivity contribution in [3.63, 3.8) is 0 Å². The van der Waals surface area contributed by atoms with Gasteiger partial charge in [0.25, 0.3) is 0 Å². The Morgan fingerprint density at radius 2 is 2.11 bits per heavy atom. The van der Waals surface area contributed by atoms with Crippen LogP contribution in [0.5, 0.6) is 0 Å². The summed E-state index contributed by atoms with van der Waals surface area (Å²) in [6.07, 6.45) is -0.477. The fourth-order valence-corrected chi connectivity index (χ4v) is 2.35. The minimum Gasteiger partial charge on any atom is -0.389 e. The molecule has 0 amide bonds. The van der Waals surface area contributed by atoms with Crippen molar-refractivity contribution in [3.05, 3.63) is 42.1 Å². The molecule has 4 nitrogen and oxygen atoms in total. The van der Waals surface area contributed by atoms with Crippen molar-refractivity contribution < 1.29 is 15.0 Å². The molecule has 1 aromatic heterocycles. The van der Waals surface area contributed by atoms with Gasteiger partial charge in [-0.05, 0) is 12.1 Å². The van der Waals surface area contributed by atoms with E-state index in [4.69, 9.17) is 0 Å². The molecule has 100 valence electrons. The van der Waals surface area contributed by atoms with E-state index in [1.54, 1.807) is 12.3 Å². The number of rotatable bonds is 4. The Bertz CT molecular complexity index is 588. The Balaban J connectivity index is 2.16. The SMILES string of the molecule is CC(=O)SCC(O)C(O)c1cnc2ccccc2c1. The van der Waals surface area contributed by atoms with Gasteiger partial charge in [-0.25, -0.2) is 0 Å². The number of para-hydroxylation sites is 1. The van der Waals surface area contributed by atoms with E-state index in [0.29, 0.717) is 5.56 Å². The fraction of sp³-hybridized carbons (Fsp3) is 0.286. The van der Waals surface area contributed by atoms with E-state index in [1.807, 2.05) is 24.3 Å². The molecule has 0 aliphatic heterocycles. The van der Waals surface area contributed by atoms with Gasteiger partial charge < -0.3 is 10.2 Å². The molecular formula is C14H15NO3S. The van der Waals surface area contributed by atoms with Gasteiger partial charge in [0, 0.05) is 29.8 Å². The van der Waals surface area contributed by atoms with Crippen LogP contribution in [0.15, 0.2) is 36.5 Å². The van der Waals surface area contributed by atoms with Gasteiger partial charge in [-0.15, -0.1) is 0 Å². The van der Waals surface area contributed by atoms with Gasteiger partial charge in [-0.3, -0.25) is 9.78 Å². The molecule has 1 heterocycles. The van der Waals surface area contributed by atoms with Gasteiger partial charge in [-0.1, -0.05) is 30.0 Å². The van der Waals surface area contributed by atoms with E-state index in [1.165, 1.54) is 6.92 Å². The maximum absolute atomic E-state index is 10.8. The summed E-state index contributed by atoms with van der Waals surface area (Å²) in [5, 5.41) is 20.7. The molecule has 0 bridgehead atoms. The van der Waals surface area contributed by atoms with Crippen LogP contribution < -0.4 is 0 Å². The molecule has 0 radical (unpaired) electrons. The highest BCUT2D eigenvalue weighted by atomic mass is 32.2. The Hall–Kier alpha value is -1.43. The minimum absolute atomic E-state index is 0.0807. The van der Waals surface area contributed by atoms with Gasteiger partial charge in [0.15, 0.2) is 5.12 Å². The molecule has 2 aromatic rings. The first-order valence-corrected chi connectivity index (χ1v) is 6.90. The van der Waals surface area contributed by atoms with Crippen molar-refractivity contribution in [1.29, 1.82) is 0 Å². The van der Waals surface area contributed by atoms with Crippen LogP contribution in [-0.4, -0.2) is 32.2 Å². The number of aromatic nitrogens is 1. The Morgan fingerprint density at radius 3 is 2.84 bits per heavy atom. The lowest BCUT2D eigenvalue weighted by Gasteiger charge is -2.17. The van der Waals surface area contributed by atoms with Crippen molar-refractivity contribution in [1.82, 2.24) is 4.98 Å². The Morgan fingerprint density at radius 1 is 1.37 bits per heavy atom. The van der Waals surface area contributed by atoms with Gasteiger partial charge in [0.2, 0.25) is 0 Å². The third-order valence-corrected chi connectivity index (χ3v) is 3.69. The average Bonchev–Trinajstić information content (AvgIpc) is 2.43. The number of benzene rings is 1. The molecule has 0 saturated heterocycles. The smallest absolute Gasteiger partial charge is 0.185 e. The number of carbonyl (C=O) groups is 1. The summed E-state index contributed by atoms with van der Waals surface area (Å²) in [6.45, 7) is 1.43. The first kappa shape index (κ1) is 14.0. The number of hydrogen-bond acceptors (Lipinski definition) is 5. The van der Waals surface area contributed by atoms with Crippen LogP contribution in [0.2, 0.25) is 0 Å². The van der Waals surface area contributed by atoms with Crippen LogP contribution >= 0.6 is 11.8 Å². The molecule has 2 atom stereocenters. The zero-order valence-electron chi connectivity index (χ0n) is 10.5. The fourth-order valence-electron chi connectivity index (χ4n) is 1.77. The number of pyridine rings is 1. The molecule has 19 heavy (non-hydrogen) atoms. The van der Waals surface area contributed by atoms with Gasteiger partial charge in [0.1, 0.15) is 6.10 Å². The van der Waals surface area contributed by atoms with Crippen LogP contribution in [0, 0.1) is 0 Å². The topological polar surface area (TPSA) is 70.4 Å². The first-order chi connectivity index (χ1) is 9.08. The quantitative estimate of drug-likeness (QED) is 0.893. The van der Waals surface area contributed by atoms with Crippen LogP contribution in [0.3, 0.4) is 0 Å². The van der Waals surface area contributed by atoms with Crippen molar-refractivity contribution in [2.24, 2.45) is 0 Å². The summed E-state index contributed by atoms with van der Waals surface area (Å²) in [4.78, 5) is 15.1. The lowest BCUT2D eigenvalue weighted by Crippen LogP contribution is -2.21. The average molecular weight is 277 g/mol. The second-order valence-electron chi connectivity index (χ2n) is 4.28. The van der Waals surface area contributed by atoms with E-state index < -0.39 is 12.2 Å². The van der Waals surface area contributed by atoms with Crippen LogP contribution in [-0.2, 0) is 4.79 Å². The first-order valence-electron chi connectivity index (χ1n) is 5.92. The highest BCUT2D eigenvalue weighted by Crippen LogP contribution is 2.22. The van der Waals surface area contributed by atoms with E-state index >= 15 is 0 Å². The maximum atomic E-state index is 10.8. The summed E-state index contributed by atoms with van der Waals surface area (Å²) < 4.78 is 0. The molecule has 0 aliphatic rings. The Kier molecular flexibility index (Phi) is 4.52. The Labute approximate surface area is 115 Å². The monoisotopic (exact) mass is 277 g/mol. The van der Waals surface area contributed by atoms with Crippen LogP contribution in [0.1, 0.15) is 18.6 Å². The van der Waals surface area contributed by atoms with Gasteiger partial charge in [-0.2, -0.15) is 0 Å². The summed E-state index contributed by atoms with van der Waals surface area (Å²) in [5.41, 5.74) is 1.39. The van der Waals surface area contributed by atoms with Crippen molar-refractivity contribution in [2.45, 2.75) is 19.1 Å². The number of aliphatic hydroxyl groups excluding tert-OH is 2. The number of aliphatic hydroxyl groups is 2. The van der Waals surface area contributed by atoms with Crippen molar-refractivity contribution in [2.75, 3.05) is 5.75 Å². The summed E-state index contributed by atoms with van der Waals surface area (Å²) in [7, 11) is 0. The van der Waals surface area contributed by atoms with Crippen molar-refractivity contribution in [3.8, 4) is 0 Å². The normalized spacial score (nSPS) is 14.3. The molecule has 2 unspecified atom stereocenters. The summed E-state index contributed by atoms with van der Waals surface area (Å²) in [5.74, 6) is 0.170. The van der Waals surface area contributed by atoms with Gasteiger partial charge >= 0.3 is 0 Å². The zero-order chi connectivity index (χ0) is 13.8. The predicted octanol–water partition coefficient (Wildman–Crippen LogP) is 1.91. The molecular weight excluding hydrogens is 262 g/mol. The second kappa shape index (κ2) is 6.14. The van der Waals surface area contributed by atoms with Crippen molar-refractivity contribution >= 4 is 27.8 Å². The lowest BCUT2D eigenvalue weighted by molar-refractivity contribution is -0.109. The number of carbonyl (C=O) groups excluding carboxylic acids is 1. The van der Waals surface area contributed by atoms with Crippen LogP contribution in [0.4, 0.5) is 0 Å². The number of nitrogens with zero attached hydrogens (tertiary/aromatic N) is 1. The number of fused-ring (bicyclic) bond motifs is 1. The maximum Gasteiger partial charge on any atom is 0.185 e. The number of hydrogen-bond donors (Lipinski definition) is 2. The van der Waals surface area contributed by atoms with Gasteiger partial charge in [0.05, 0.1) is 11.6 Å². The summed E-state index contributed by atoms with van der Waals surface area (Å²) in [6, 6.07) is 9.36. The highest BCUT2D eigenvalue weighted by Gasteiger charge is 2.19. The predicted molar refractivity (Wildman–Crippen MR) is 75.8 cm³/mol. The number of thioether (sulfide) groups is 1. The van der Waals surface area contributed by atoms with E-state index in [-0.39, 0.29) is 10.9 Å². The standard InChI is InChI=1S/C14H15NO3S/c1-9(16)19-8-13(17)14(18)11-6-10-4-2-3-5-12(10)15-7-11/h2-7,13-14,17-18H,8H2,1H3. The van der Waals surface area contributed by atoms with E-state index in [9.17, 15) is 15.0 Å². The minimum atomic E-state index is -1.04. The molecule has 1 aromatic carbocycles. The summed E-state index contributed by atoms with van der Waals surface area (Å²) >= 11 is 0.997. The molecule has 2 rings (SSSR count). The molecule has 0 saturated carbocycles. The molecule has 2 N–H and O–H groups in total. The molecule has 0 spiro atoms. The molecule has 0 aliphatic carbocycles. The third kappa shape index (κ3) is 3.53. The molecule has 0 fully saturated rings. The van der Waals surface area contributed by atoms with Crippen LogP contribution in [0.25, 0.3) is 10.9 Å². The lowest BCUT2D eigenvalue weighted by atomic mass is 10.1. The third-order valence-electron chi connectivity index (χ3n) is 2.77.